The summed E-state index contributed by atoms with van der Waals surface area (Å²) in [6.07, 6.45) is 0.309. The molecule has 0 saturated heterocycles. The minimum absolute atomic E-state index is 0.309. The summed E-state index contributed by atoms with van der Waals surface area (Å²) in [5.74, 6) is -0.328. The van der Waals surface area contributed by atoms with E-state index < -0.39 is 5.60 Å². The van der Waals surface area contributed by atoms with Crippen molar-refractivity contribution in [1.82, 2.24) is 0 Å². The van der Waals surface area contributed by atoms with Crippen molar-refractivity contribution in [1.29, 1.82) is 0 Å². The van der Waals surface area contributed by atoms with E-state index in [2.05, 4.69) is 15.9 Å². The summed E-state index contributed by atoms with van der Waals surface area (Å²) >= 11 is 9.17. The van der Waals surface area contributed by atoms with Crippen LogP contribution in [0.4, 0.5) is 4.39 Å². The molecule has 1 nitrogen and oxygen atoms in total. The molecule has 1 atom stereocenters. The fraction of sp³-hybridized carbons (Fsp3) is 0.200. The standard InChI is InChI=1S/C15H13BrClFO/c1-15(19,11-3-2-4-13(17)7-11)9-10-5-12(16)8-14(18)6-10/h2-8,19H,9H2,1H3. The fourth-order valence-electron chi connectivity index (χ4n) is 2.04. The van der Waals surface area contributed by atoms with Gasteiger partial charge in [0.1, 0.15) is 5.82 Å². The fourth-order valence-corrected chi connectivity index (χ4v) is 2.74. The average molecular weight is 344 g/mol. The van der Waals surface area contributed by atoms with Gasteiger partial charge in [-0.15, -0.1) is 0 Å². The summed E-state index contributed by atoms with van der Waals surface area (Å²) in [7, 11) is 0. The van der Waals surface area contributed by atoms with E-state index in [0.717, 1.165) is 5.56 Å². The van der Waals surface area contributed by atoms with Gasteiger partial charge in [-0.2, -0.15) is 0 Å². The van der Waals surface area contributed by atoms with Gasteiger partial charge in [0, 0.05) is 15.9 Å². The Balaban J connectivity index is 2.30. The summed E-state index contributed by atoms with van der Waals surface area (Å²) in [6, 6.07) is 11.7. The summed E-state index contributed by atoms with van der Waals surface area (Å²) in [4.78, 5) is 0. The predicted molar refractivity (Wildman–Crippen MR) is 78.8 cm³/mol. The van der Waals surface area contributed by atoms with Gasteiger partial charge in [-0.25, -0.2) is 4.39 Å². The van der Waals surface area contributed by atoms with Gasteiger partial charge in [0.05, 0.1) is 5.60 Å². The molecule has 0 aliphatic carbocycles. The third-order valence-electron chi connectivity index (χ3n) is 2.92. The molecular formula is C15H13BrClFO. The first-order chi connectivity index (χ1) is 8.87. The SMILES string of the molecule is CC(O)(Cc1cc(F)cc(Br)c1)c1cccc(Cl)c1. The van der Waals surface area contributed by atoms with E-state index in [9.17, 15) is 9.50 Å². The maximum absolute atomic E-state index is 13.3. The lowest BCUT2D eigenvalue weighted by Crippen LogP contribution is -2.24. The molecule has 0 bridgehead atoms. The Morgan fingerprint density at radius 2 is 2.00 bits per heavy atom. The Kier molecular flexibility index (Phi) is 4.29. The highest BCUT2D eigenvalue weighted by molar-refractivity contribution is 9.10. The molecule has 19 heavy (non-hydrogen) atoms. The first-order valence-electron chi connectivity index (χ1n) is 5.80. The van der Waals surface area contributed by atoms with Crippen molar-refractivity contribution >= 4 is 27.5 Å². The van der Waals surface area contributed by atoms with Gasteiger partial charge < -0.3 is 5.11 Å². The van der Waals surface area contributed by atoms with Crippen LogP contribution in [-0.4, -0.2) is 5.11 Å². The first kappa shape index (κ1) is 14.5. The molecule has 0 fully saturated rings. The third kappa shape index (κ3) is 3.78. The Hall–Kier alpha value is -0.900. The molecule has 0 radical (unpaired) electrons. The zero-order valence-corrected chi connectivity index (χ0v) is 12.7. The molecule has 100 valence electrons. The van der Waals surface area contributed by atoms with Gasteiger partial charge in [0.15, 0.2) is 0 Å². The van der Waals surface area contributed by atoms with Crippen molar-refractivity contribution in [3.63, 3.8) is 0 Å². The first-order valence-corrected chi connectivity index (χ1v) is 6.97. The van der Waals surface area contributed by atoms with Crippen molar-refractivity contribution in [2.24, 2.45) is 0 Å². The molecule has 4 heteroatoms. The lowest BCUT2D eigenvalue weighted by Gasteiger charge is -2.24. The lowest BCUT2D eigenvalue weighted by molar-refractivity contribution is 0.0575. The molecule has 0 aliphatic rings. The summed E-state index contributed by atoms with van der Waals surface area (Å²) < 4.78 is 14.0. The molecule has 0 spiro atoms. The topological polar surface area (TPSA) is 20.2 Å². The number of rotatable bonds is 3. The van der Waals surface area contributed by atoms with Crippen LogP contribution >= 0.6 is 27.5 Å². The average Bonchev–Trinajstić information content (AvgIpc) is 2.26. The highest BCUT2D eigenvalue weighted by Crippen LogP contribution is 2.28. The van der Waals surface area contributed by atoms with E-state index in [1.807, 2.05) is 0 Å². The largest absolute Gasteiger partial charge is 0.385 e. The highest BCUT2D eigenvalue weighted by atomic mass is 79.9. The van der Waals surface area contributed by atoms with Gasteiger partial charge in [0.25, 0.3) is 0 Å². The molecular weight excluding hydrogens is 331 g/mol. The maximum atomic E-state index is 13.3. The molecule has 0 aromatic heterocycles. The van der Waals surface area contributed by atoms with Crippen LogP contribution in [0.1, 0.15) is 18.1 Å². The Bertz CT molecular complexity index is 578. The zero-order chi connectivity index (χ0) is 14.0. The molecule has 0 heterocycles. The van der Waals surface area contributed by atoms with Crippen LogP contribution in [0.3, 0.4) is 0 Å². The van der Waals surface area contributed by atoms with E-state index in [1.165, 1.54) is 12.1 Å². The van der Waals surface area contributed by atoms with Crippen molar-refractivity contribution < 1.29 is 9.50 Å². The number of hydrogen-bond acceptors (Lipinski definition) is 1. The maximum Gasteiger partial charge on any atom is 0.124 e. The Labute approximate surface area is 125 Å². The van der Waals surface area contributed by atoms with E-state index >= 15 is 0 Å². The van der Waals surface area contributed by atoms with Gasteiger partial charge >= 0.3 is 0 Å². The number of benzene rings is 2. The molecule has 0 saturated carbocycles. The second kappa shape index (κ2) is 5.61. The number of hydrogen-bond donors (Lipinski definition) is 1. The van der Waals surface area contributed by atoms with Crippen LogP contribution in [0.2, 0.25) is 5.02 Å². The van der Waals surface area contributed by atoms with Crippen molar-refractivity contribution in [3.05, 3.63) is 68.9 Å². The second-order valence-electron chi connectivity index (χ2n) is 4.74. The van der Waals surface area contributed by atoms with Crippen LogP contribution in [0.5, 0.6) is 0 Å². The van der Waals surface area contributed by atoms with Gasteiger partial charge in [-0.1, -0.05) is 39.7 Å². The molecule has 0 aliphatic heterocycles. The number of halogens is 3. The molecule has 2 aromatic carbocycles. The van der Waals surface area contributed by atoms with Crippen molar-refractivity contribution in [2.75, 3.05) is 0 Å². The van der Waals surface area contributed by atoms with Crippen LogP contribution in [-0.2, 0) is 12.0 Å². The zero-order valence-electron chi connectivity index (χ0n) is 10.3. The Morgan fingerprint density at radius 1 is 1.26 bits per heavy atom. The quantitative estimate of drug-likeness (QED) is 0.857. The van der Waals surface area contributed by atoms with E-state index in [1.54, 1.807) is 37.3 Å². The minimum Gasteiger partial charge on any atom is -0.385 e. The summed E-state index contributed by atoms with van der Waals surface area (Å²) in [5, 5.41) is 11.1. The van der Waals surface area contributed by atoms with Crippen molar-refractivity contribution in [3.8, 4) is 0 Å². The highest BCUT2D eigenvalue weighted by Gasteiger charge is 2.24. The Morgan fingerprint density at radius 3 is 2.63 bits per heavy atom. The van der Waals surface area contributed by atoms with Crippen molar-refractivity contribution in [2.45, 2.75) is 18.9 Å². The van der Waals surface area contributed by atoms with Crippen LogP contribution in [0.15, 0.2) is 46.9 Å². The smallest absolute Gasteiger partial charge is 0.124 e. The molecule has 2 aromatic rings. The van der Waals surface area contributed by atoms with Gasteiger partial charge in [-0.05, 0) is 48.4 Å². The van der Waals surface area contributed by atoms with E-state index in [4.69, 9.17) is 11.6 Å². The molecule has 0 amide bonds. The normalized spacial score (nSPS) is 14.2. The van der Waals surface area contributed by atoms with Gasteiger partial charge in [-0.3, -0.25) is 0 Å². The van der Waals surface area contributed by atoms with Crippen LogP contribution in [0.25, 0.3) is 0 Å². The lowest BCUT2D eigenvalue weighted by atomic mass is 9.89. The number of aliphatic hydroxyl groups is 1. The van der Waals surface area contributed by atoms with E-state index in [-0.39, 0.29) is 5.82 Å². The van der Waals surface area contributed by atoms with E-state index in [0.29, 0.717) is 21.5 Å². The third-order valence-corrected chi connectivity index (χ3v) is 3.61. The molecule has 1 unspecified atom stereocenters. The van der Waals surface area contributed by atoms with Gasteiger partial charge in [0.2, 0.25) is 0 Å². The minimum atomic E-state index is -1.10. The van der Waals surface area contributed by atoms with Crippen LogP contribution in [0, 0.1) is 5.82 Å². The predicted octanol–water partition coefficient (Wildman–Crippen LogP) is 4.69. The molecule has 1 N–H and O–H groups in total. The summed E-state index contributed by atoms with van der Waals surface area (Å²) in [5.41, 5.74) is 0.329. The monoisotopic (exact) mass is 342 g/mol. The van der Waals surface area contributed by atoms with Crippen LogP contribution < -0.4 is 0 Å². The second-order valence-corrected chi connectivity index (χ2v) is 6.09. The molecule has 2 rings (SSSR count). The summed E-state index contributed by atoms with van der Waals surface area (Å²) in [6.45, 7) is 1.69.